The second kappa shape index (κ2) is 9.12. The highest BCUT2D eigenvalue weighted by Crippen LogP contribution is 2.34. The number of halogens is 2. The minimum Gasteiger partial charge on any atom is -0.490 e. The van der Waals surface area contributed by atoms with E-state index in [1.807, 2.05) is 50.2 Å². The number of benzene rings is 2. The standard InChI is InChI=1S/C20H20BrClN4O2/c1-3-27-18-8-15(10-24-26-11-13(2)25-20(26)23)16(21)9-19(18)28-12-14-6-4-5-7-17(14)22/h4-11H,3,12H2,1-2H3,(H2,23,25). The van der Waals surface area contributed by atoms with Crippen LogP contribution in [0.4, 0.5) is 5.95 Å². The fourth-order valence-corrected chi connectivity index (χ4v) is 3.14. The number of rotatable bonds is 7. The molecule has 28 heavy (non-hydrogen) atoms. The Morgan fingerprint density at radius 2 is 2.00 bits per heavy atom. The van der Waals surface area contributed by atoms with Crippen LogP contribution < -0.4 is 15.2 Å². The molecule has 0 aliphatic rings. The first kappa shape index (κ1) is 20.2. The summed E-state index contributed by atoms with van der Waals surface area (Å²) in [6, 6.07) is 11.3. The molecule has 0 aliphatic carbocycles. The normalized spacial score (nSPS) is 11.1. The van der Waals surface area contributed by atoms with Gasteiger partial charge in [0.15, 0.2) is 11.5 Å². The Morgan fingerprint density at radius 1 is 1.25 bits per heavy atom. The molecule has 1 aromatic heterocycles. The van der Waals surface area contributed by atoms with Crippen molar-refractivity contribution in [2.45, 2.75) is 20.5 Å². The first-order valence-electron chi connectivity index (χ1n) is 8.66. The summed E-state index contributed by atoms with van der Waals surface area (Å²) in [6.07, 6.45) is 3.44. The van der Waals surface area contributed by atoms with E-state index in [2.05, 4.69) is 26.0 Å². The second-order valence-electron chi connectivity index (χ2n) is 5.96. The van der Waals surface area contributed by atoms with Crippen molar-refractivity contribution >= 4 is 39.7 Å². The molecule has 3 aromatic rings. The van der Waals surface area contributed by atoms with Gasteiger partial charge < -0.3 is 15.2 Å². The van der Waals surface area contributed by atoms with Gasteiger partial charge in [0.05, 0.1) is 24.7 Å². The maximum absolute atomic E-state index is 6.21. The largest absolute Gasteiger partial charge is 0.490 e. The zero-order valence-electron chi connectivity index (χ0n) is 15.5. The molecule has 0 spiro atoms. The predicted octanol–water partition coefficient (Wildman–Crippen LogP) is 5.05. The van der Waals surface area contributed by atoms with Crippen LogP contribution in [0.15, 0.2) is 52.2 Å². The van der Waals surface area contributed by atoms with Crippen molar-refractivity contribution < 1.29 is 9.47 Å². The number of ether oxygens (including phenoxy) is 2. The van der Waals surface area contributed by atoms with E-state index in [0.29, 0.717) is 35.7 Å². The summed E-state index contributed by atoms with van der Waals surface area (Å²) < 4.78 is 14.0. The van der Waals surface area contributed by atoms with Crippen molar-refractivity contribution in [1.29, 1.82) is 0 Å². The Bertz CT molecular complexity index is 1000. The van der Waals surface area contributed by atoms with Crippen LogP contribution in [-0.4, -0.2) is 22.5 Å². The van der Waals surface area contributed by atoms with Gasteiger partial charge in [-0.2, -0.15) is 5.10 Å². The molecule has 6 nitrogen and oxygen atoms in total. The van der Waals surface area contributed by atoms with Crippen LogP contribution in [0, 0.1) is 6.92 Å². The maximum Gasteiger partial charge on any atom is 0.221 e. The van der Waals surface area contributed by atoms with E-state index in [9.17, 15) is 0 Å². The van der Waals surface area contributed by atoms with Crippen molar-refractivity contribution in [2.75, 3.05) is 12.3 Å². The Hall–Kier alpha value is -2.51. The topological polar surface area (TPSA) is 74.7 Å². The van der Waals surface area contributed by atoms with Gasteiger partial charge in [-0.05, 0) is 48.0 Å². The number of aryl methyl sites for hydroxylation is 1. The summed E-state index contributed by atoms with van der Waals surface area (Å²) in [5, 5.41) is 5.02. The predicted molar refractivity (Wildman–Crippen MR) is 115 cm³/mol. The quantitative estimate of drug-likeness (QED) is 0.498. The summed E-state index contributed by atoms with van der Waals surface area (Å²) in [6.45, 7) is 4.62. The zero-order valence-corrected chi connectivity index (χ0v) is 17.9. The summed E-state index contributed by atoms with van der Waals surface area (Å²) >= 11 is 9.77. The van der Waals surface area contributed by atoms with E-state index < -0.39 is 0 Å². The van der Waals surface area contributed by atoms with Crippen LogP contribution in [0.5, 0.6) is 11.5 Å². The van der Waals surface area contributed by atoms with Gasteiger partial charge in [-0.1, -0.05) is 29.8 Å². The van der Waals surface area contributed by atoms with E-state index in [0.717, 1.165) is 21.3 Å². The molecule has 0 saturated carbocycles. The van der Waals surface area contributed by atoms with Gasteiger partial charge >= 0.3 is 0 Å². The minimum absolute atomic E-state index is 0.328. The molecule has 2 aromatic carbocycles. The lowest BCUT2D eigenvalue weighted by Crippen LogP contribution is -2.02. The van der Waals surface area contributed by atoms with Crippen molar-refractivity contribution in [1.82, 2.24) is 9.66 Å². The SMILES string of the molecule is CCOc1cc(C=Nn2cc(C)nc2N)c(Br)cc1OCc1ccccc1Cl. The average molecular weight is 464 g/mol. The Morgan fingerprint density at radius 3 is 2.68 bits per heavy atom. The van der Waals surface area contributed by atoms with Gasteiger partial charge in [-0.25, -0.2) is 9.66 Å². The first-order valence-corrected chi connectivity index (χ1v) is 9.83. The smallest absolute Gasteiger partial charge is 0.221 e. The fourth-order valence-electron chi connectivity index (χ4n) is 2.52. The molecule has 1 heterocycles. The van der Waals surface area contributed by atoms with E-state index >= 15 is 0 Å². The number of nitrogens with two attached hydrogens (primary N) is 1. The Balaban J connectivity index is 1.85. The van der Waals surface area contributed by atoms with Crippen LogP contribution in [0.25, 0.3) is 0 Å². The van der Waals surface area contributed by atoms with Crippen molar-refractivity contribution in [3.63, 3.8) is 0 Å². The lowest BCUT2D eigenvalue weighted by Gasteiger charge is -2.14. The number of hydrogen-bond donors (Lipinski definition) is 1. The van der Waals surface area contributed by atoms with E-state index in [1.54, 1.807) is 12.4 Å². The molecule has 3 rings (SSSR count). The summed E-state index contributed by atoms with van der Waals surface area (Å²) in [5.74, 6) is 1.56. The van der Waals surface area contributed by atoms with Crippen LogP contribution >= 0.6 is 27.5 Å². The lowest BCUT2D eigenvalue weighted by atomic mass is 10.2. The first-order chi connectivity index (χ1) is 13.5. The number of anilines is 1. The van der Waals surface area contributed by atoms with Crippen molar-refractivity contribution in [3.8, 4) is 11.5 Å². The van der Waals surface area contributed by atoms with Crippen LogP contribution in [0.3, 0.4) is 0 Å². The van der Waals surface area contributed by atoms with Crippen LogP contribution in [0.2, 0.25) is 5.02 Å². The molecule has 0 fully saturated rings. The highest BCUT2D eigenvalue weighted by molar-refractivity contribution is 9.10. The number of hydrogen-bond acceptors (Lipinski definition) is 5. The Labute approximate surface area is 177 Å². The van der Waals surface area contributed by atoms with E-state index in [4.69, 9.17) is 26.8 Å². The van der Waals surface area contributed by atoms with Crippen LogP contribution in [0.1, 0.15) is 23.7 Å². The third-order valence-corrected chi connectivity index (χ3v) is 4.92. The van der Waals surface area contributed by atoms with Crippen molar-refractivity contribution in [2.24, 2.45) is 5.10 Å². The monoisotopic (exact) mass is 462 g/mol. The third kappa shape index (κ3) is 4.85. The summed E-state index contributed by atoms with van der Waals surface area (Å²) in [4.78, 5) is 4.13. The van der Waals surface area contributed by atoms with E-state index in [-0.39, 0.29) is 0 Å². The average Bonchev–Trinajstić information content (AvgIpc) is 2.99. The molecule has 8 heteroatoms. The number of aromatic nitrogens is 2. The Kier molecular flexibility index (Phi) is 6.59. The van der Waals surface area contributed by atoms with Crippen molar-refractivity contribution in [3.05, 3.63) is 68.9 Å². The molecule has 0 saturated heterocycles. The fraction of sp³-hybridized carbons (Fsp3) is 0.200. The molecule has 0 atom stereocenters. The van der Waals surface area contributed by atoms with Crippen LogP contribution in [-0.2, 0) is 6.61 Å². The molecule has 0 unspecified atom stereocenters. The van der Waals surface area contributed by atoms with Gasteiger partial charge in [0, 0.05) is 20.6 Å². The maximum atomic E-state index is 6.21. The molecule has 146 valence electrons. The number of nitrogens with zero attached hydrogens (tertiary/aromatic N) is 3. The molecule has 2 N–H and O–H groups in total. The second-order valence-corrected chi connectivity index (χ2v) is 7.22. The zero-order chi connectivity index (χ0) is 20.1. The van der Waals surface area contributed by atoms with Gasteiger partial charge in [0.2, 0.25) is 5.95 Å². The summed E-state index contributed by atoms with van der Waals surface area (Å²) in [7, 11) is 0. The van der Waals surface area contributed by atoms with Gasteiger partial charge in [0.25, 0.3) is 0 Å². The third-order valence-electron chi connectivity index (χ3n) is 3.86. The molecule has 0 bridgehead atoms. The molecule has 0 aliphatic heterocycles. The molecular formula is C20H20BrClN4O2. The highest BCUT2D eigenvalue weighted by atomic mass is 79.9. The lowest BCUT2D eigenvalue weighted by molar-refractivity contribution is 0.269. The number of nitrogen functional groups attached to an aromatic ring is 1. The number of imidazole rings is 1. The molecular weight excluding hydrogens is 444 g/mol. The molecule has 0 amide bonds. The van der Waals surface area contributed by atoms with Gasteiger partial charge in [-0.3, -0.25) is 0 Å². The van der Waals surface area contributed by atoms with Gasteiger partial charge in [0.1, 0.15) is 6.61 Å². The van der Waals surface area contributed by atoms with Gasteiger partial charge in [-0.15, -0.1) is 0 Å². The minimum atomic E-state index is 0.328. The highest BCUT2D eigenvalue weighted by Gasteiger charge is 2.11. The molecule has 0 radical (unpaired) electrons. The summed E-state index contributed by atoms with van der Waals surface area (Å²) in [5.41, 5.74) is 8.34. The van der Waals surface area contributed by atoms with E-state index in [1.165, 1.54) is 4.68 Å².